The number of carbonyl (C=O) groups excluding carboxylic acids is 4. The number of allylic oxidation sites excluding steroid dienone is 1. The average molecular weight is 625 g/mol. The molecule has 1 saturated heterocycles. The third-order valence-corrected chi connectivity index (χ3v) is 11.1. The highest BCUT2D eigenvalue weighted by Gasteiger charge is 2.63. The number of ether oxygens (including phenoxy) is 1. The number of unbranched alkanes of at least 4 members (excludes halogenated alkanes) is 1. The lowest BCUT2D eigenvalue weighted by molar-refractivity contribution is -0.143. The molecule has 3 rings (SSSR count). The Morgan fingerprint density at radius 1 is 1.12 bits per heavy atom. The molecule has 0 aromatic rings. The predicted molar refractivity (Wildman–Crippen MR) is 164 cm³/mol. The van der Waals surface area contributed by atoms with Crippen LogP contribution in [-0.2, 0) is 29.1 Å². The molecule has 0 radical (unpaired) electrons. The maximum atomic E-state index is 13.9. The van der Waals surface area contributed by atoms with Gasteiger partial charge in [-0.3, -0.25) is 19.1 Å². The summed E-state index contributed by atoms with van der Waals surface area (Å²) < 4.78 is 33.3. The van der Waals surface area contributed by atoms with Crippen molar-refractivity contribution < 1.29 is 32.3 Å². The normalized spacial score (nSPS) is 27.1. The molecule has 0 aromatic heterocycles. The lowest BCUT2D eigenvalue weighted by Crippen LogP contribution is -2.60. The Bertz CT molecular complexity index is 1220. The molecule has 1 aliphatic heterocycles. The zero-order chi connectivity index (χ0) is 32.6. The molecule has 3 fully saturated rings. The lowest BCUT2D eigenvalue weighted by atomic mass is 9.85. The third-order valence-electron chi connectivity index (χ3n) is 8.86. The summed E-state index contributed by atoms with van der Waals surface area (Å²) in [6.07, 6.45) is 5.08. The van der Waals surface area contributed by atoms with Crippen LogP contribution in [0.15, 0.2) is 12.7 Å². The number of nitrogens with one attached hydrogen (secondary N) is 3. The Kier molecular flexibility index (Phi) is 10.1. The monoisotopic (exact) mass is 624 g/mol. The van der Waals surface area contributed by atoms with Crippen LogP contribution in [0.5, 0.6) is 0 Å². The summed E-state index contributed by atoms with van der Waals surface area (Å²) in [6, 6.07) is -1.84. The van der Waals surface area contributed by atoms with E-state index in [1.54, 1.807) is 26.8 Å². The largest absolute Gasteiger partial charge is 0.444 e. The fourth-order valence-electron chi connectivity index (χ4n) is 6.07. The first-order valence-electron chi connectivity index (χ1n) is 15.5. The smallest absolute Gasteiger partial charge is 0.408 e. The number of alkyl carbamates (subject to hydrolysis) is 1. The van der Waals surface area contributed by atoms with E-state index in [1.807, 2.05) is 34.6 Å². The first kappa shape index (κ1) is 34.9. The molecule has 1 heterocycles. The fraction of sp³-hybridized carbons (Fsp3) is 0.806. The second-order valence-electron chi connectivity index (χ2n) is 14.9. The number of hydrogen-bond acceptors (Lipinski definition) is 7. The fourth-order valence-corrected chi connectivity index (χ4v) is 7.77. The van der Waals surface area contributed by atoms with Crippen LogP contribution in [0, 0.1) is 17.3 Å². The molecule has 0 aromatic carbocycles. The van der Waals surface area contributed by atoms with Crippen molar-refractivity contribution >= 4 is 33.8 Å². The van der Waals surface area contributed by atoms with Crippen LogP contribution in [0.25, 0.3) is 0 Å². The van der Waals surface area contributed by atoms with Crippen molar-refractivity contribution in [3.63, 3.8) is 0 Å². The predicted octanol–water partition coefficient (Wildman–Crippen LogP) is 3.78. The number of rotatable bonds is 12. The Balaban J connectivity index is 1.78. The van der Waals surface area contributed by atoms with Crippen molar-refractivity contribution in [3.8, 4) is 0 Å². The quantitative estimate of drug-likeness (QED) is 0.221. The topological polar surface area (TPSA) is 151 Å². The van der Waals surface area contributed by atoms with Gasteiger partial charge in [-0.2, -0.15) is 0 Å². The van der Waals surface area contributed by atoms with Gasteiger partial charge in [0.25, 0.3) is 5.91 Å². The molecule has 5 atom stereocenters. The molecule has 3 aliphatic rings. The Labute approximate surface area is 257 Å². The highest BCUT2D eigenvalue weighted by atomic mass is 32.2. The summed E-state index contributed by atoms with van der Waals surface area (Å²) in [5.74, 6) is -1.86. The zero-order valence-electron chi connectivity index (χ0n) is 27.2. The molecule has 12 heteroatoms. The van der Waals surface area contributed by atoms with E-state index in [2.05, 4.69) is 21.9 Å². The summed E-state index contributed by atoms with van der Waals surface area (Å²) in [4.78, 5) is 55.4. The van der Waals surface area contributed by atoms with Gasteiger partial charge >= 0.3 is 6.09 Å². The van der Waals surface area contributed by atoms with E-state index >= 15 is 0 Å². The van der Waals surface area contributed by atoms with Gasteiger partial charge < -0.3 is 20.3 Å². The van der Waals surface area contributed by atoms with Gasteiger partial charge in [0.1, 0.15) is 23.2 Å². The van der Waals surface area contributed by atoms with E-state index in [-0.39, 0.29) is 11.8 Å². The van der Waals surface area contributed by atoms with Crippen LogP contribution < -0.4 is 15.4 Å². The Hall–Kier alpha value is -2.63. The molecule has 5 unspecified atom stereocenters. The number of likely N-dealkylation sites (tertiary alicyclic amines) is 1. The Morgan fingerprint density at radius 3 is 2.23 bits per heavy atom. The number of nitrogens with zero attached hydrogens (tertiary/aromatic N) is 1. The molecule has 2 saturated carbocycles. The van der Waals surface area contributed by atoms with Crippen molar-refractivity contribution in [2.45, 2.75) is 135 Å². The number of sulfonamides is 1. The summed E-state index contributed by atoms with van der Waals surface area (Å²) in [7, 11) is -3.95. The number of carbonyl (C=O) groups is 4. The molecule has 43 heavy (non-hydrogen) atoms. The molecule has 244 valence electrons. The van der Waals surface area contributed by atoms with Crippen molar-refractivity contribution in [1.82, 2.24) is 20.3 Å². The maximum Gasteiger partial charge on any atom is 0.408 e. The van der Waals surface area contributed by atoms with Crippen LogP contribution in [0.2, 0.25) is 0 Å². The van der Waals surface area contributed by atoms with Crippen molar-refractivity contribution in [1.29, 1.82) is 0 Å². The first-order chi connectivity index (χ1) is 19.7. The molecule has 3 N–H and O–H groups in total. The van der Waals surface area contributed by atoms with Gasteiger partial charge in [-0.05, 0) is 83.0 Å². The van der Waals surface area contributed by atoms with Crippen LogP contribution >= 0.6 is 0 Å². The summed E-state index contributed by atoms with van der Waals surface area (Å²) in [5.41, 5.74) is -2.80. The SMILES string of the molecule is C=CCCCC1(S(=O)(=O)NC(=O)C2(NC(=O)C3CC(C)CN3C(=O)C(NC(=O)OC(C)(C)C)C(C)(C)C)CC2CC)CC1. The molecule has 2 aliphatic carbocycles. The minimum absolute atomic E-state index is 0.00142. The second-order valence-corrected chi connectivity index (χ2v) is 16.9. The van der Waals surface area contributed by atoms with E-state index in [0.717, 1.165) is 0 Å². The lowest BCUT2D eigenvalue weighted by Gasteiger charge is -2.36. The number of amides is 4. The molecule has 0 bridgehead atoms. The third kappa shape index (κ3) is 7.91. The van der Waals surface area contributed by atoms with Gasteiger partial charge in [0.15, 0.2) is 0 Å². The van der Waals surface area contributed by atoms with Crippen LogP contribution in [0.4, 0.5) is 4.79 Å². The van der Waals surface area contributed by atoms with Crippen LogP contribution in [0.3, 0.4) is 0 Å². The minimum Gasteiger partial charge on any atom is -0.444 e. The summed E-state index contributed by atoms with van der Waals surface area (Å²) >= 11 is 0. The van der Waals surface area contributed by atoms with Crippen molar-refractivity contribution in [2.75, 3.05) is 6.54 Å². The van der Waals surface area contributed by atoms with Crippen molar-refractivity contribution in [3.05, 3.63) is 12.7 Å². The highest BCUT2D eigenvalue weighted by molar-refractivity contribution is 7.91. The van der Waals surface area contributed by atoms with E-state index in [9.17, 15) is 27.6 Å². The van der Waals surface area contributed by atoms with Gasteiger partial charge in [0, 0.05) is 6.54 Å². The second kappa shape index (κ2) is 12.4. The summed E-state index contributed by atoms with van der Waals surface area (Å²) in [6.45, 7) is 18.5. The van der Waals surface area contributed by atoms with Gasteiger partial charge in [0.2, 0.25) is 21.8 Å². The summed E-state index contributed by atoms with van der Waals surface area (Å²) in [5, 5.41) is 5.58. The molecule has 0 spiro atoms. The minimum atomic E-state index is -3.95. The van der Waals surface area contributed by atoms with E-state index in [4.69, 9.17) is 4.74 Å². The molecule has 4 amide bonds. The zero-order valence-corrected chi connectivity index (χ0v) is 28.0. The average Bonchev–Trinajstić information content (AvgIpc) is 3.76. The maximum absolute atomic E-state index is 13.9. The van der Waals surface area contributed by atoms with Crippen LogP contribution in [-0.4, -0.2) is 71.6 Å². The molecular formula is C31H52N4O7S. The van der Waals surface area contributed by atoms with Gasteiger partial charge in [-0.1, -0.05) is 47.1 Å². The van der Waals surface area contributed by atoms with Gasteiger partial charge in [0.05, 0.1) is 4.75 Å². The molecular weight excluding hydrogens is 572 g/mol. The Morgan fingerprint density at radius 2 is 1.74 bits per heavy atom. The first-order valence-corrected chi connectivity index (χ1v) is 17.0. The highest BCUT2D eigenvalue weighted by Crippen LogP contribution is 2.50. The van der Waals surface area contributed by atoms with Gasteiger partial charge in [-0.25, -0.2) is 13.2 Å². The standard InChI is InChI=1S/C31H52N4O7S/c1-10-12-13-14-30(15-16-30)43(40,41)34-26(38)31(18-21(31)11-2)33-24(36)22-17-20(3)19-35(22)25(37)23(28(4,5)6)32-27(39)42-29(7,8)9/h10,20-23H,1,11-19H2,2-9H3,(H,32,39)(H,33,36)(H,34,38). The van der Waals surface area contributed by atoms with Crippen LogP contribution in [0.1, 0.15) is 107 Å². The van der Waals surface area contributed by atoms with E-state index in [0.29, 0.717) is 57.9 Å². The van der Waals surface area contributed by atoms with Crippen molar-refractivity contribution in [2.24, 2.45) is 17.3 Å². The van der Waals surface area contributed by atoms with E-state index in [1.165, 1.54) is 4.90 Å². The number of hydrogen-bond donors (Lipinski definition) is 3. The van der Waals surface area contributed by atoms with Gasteiger partial charge in [-0.15, -0.1) is 6.58 Å². The van der Waals surface area contributed by atoms with E-state index < -0.39 is 67.2 Å². The molecule has 11 nitrogen and oxygen atoms in total.